The molecule has 2 saturated heterocycles. The zero-order chi connectivity index (χ0) is 17.4. The molecule has 3 heterocycles. The summed E-state index contributed by atoms with van der Waals surface area (Å²) in [5.74, 6) is 0.367. The van der Waals surface area contributed by atoms with E-state index in [2.05, 4.69) is 15.0 Å². The first-order valence-corrected chi connectivity index (χ1v) is 8.57. The molecule has 2 fully saturated rings. The minimum Gasteiger partial charge on any atom is -0.369 e. The van der Waals surface area contributed by atoms with Crippen molar-refractivity contribution < 1.29 is 13.7 Å². The number of hydrogen-bond acceptors (Lipinski definition) is 5. The molecule has 0 unspecified atom stereocenters. The van der Waals surface area contributed by atoms with Crippen molar-refractivity contribution in [3.8, 4) is 0 Å². The smallest absolute Gasteiger partial charge is 0.259 e. The number of piperazine rings is 1. The fraction of sp³-hybridized carbons (Fsp3) is 0.444. The van der Waals surface area contributed by atoms with E-state index < -0.39 is 0 Å². The van der Waals surface area contributed by atoms with E-state index in [9.17, 15) is 9.18 Å². The number of carbonyl (C=O) groups is 1. The summed E-state index contributed by atoms with van der Waals surface area (Å²) < 4.78 is 18.0. The van der Waals surface area contributed by atoms with Gasteiger partial charge in [-0.15, -0.1) is 0 Å². The predicted octanol–water partition coefficient (Wildman–Crippen LogP) is 1.77. The highest BCUT2D eigenvalue weighted by Gasteiger charge is 2.37. The molecule has 4 rings (SSSR count). The van der Waals surface area contributed by atoms with Crippen molar-refractivity contribution in [3.05, 3.63) is 47.6 Å². The lowest BCUT2D eigenvalue weighted by atomic mass is 10.0. The molecule has 7 heteroatoms. The van der Waals surface area contributed by atoms with Gasteiger partial charge >= 0.3 is 0 Å². The van der Waals surface area contributed by atoms with Crippen LogP contribution in [-0.2, 0) is 0 Å². The molecule has 0 N–H and O–H groups in total. The van der Waals surface area contributed by atoms with E-state index in [1.807, 2.05) is 17.0 Å². The lowest BCUT2D eigenvalue weighted by molar-refractivity contribution is 0.0245. The minimum atomic E-state index is -0.204. The van der Waals surface area contributed by atoms with Gasteiger partial charge in [-0.3, -0.25) is 9.69 Å². The van der Waals surface area contributed by atoms with E-state index in [0.29, 0.717) is 17.4 Å². The fourth-order valence-corrected chi connectivity index (χ4v) is 3.52. The number of aromatic nitrogens is 1. The zero-order valence-electron chi connectivity index (χ0n) is 14.2. The lowest BCUT2D eigenvalue weighted by Crippen LogP contribution is -2.64. The molecule has 132 valence electrons. The van der Waals surface area contributed by atoms with Crippen molar-refractivity contribution in [3.63, 3.8) is 0 Å². The maximum atomic E-state index is 13.0. The number of aryl methyl sites for hydroxylation is 1. The summed E-state index contributed by atoms with van der Waals surface area (Å²) >= 11 is 0. The van der Waals surface area contributed by atoms with Gasteiger partial charge in [0, 0.05) is 51.0 Å². The molecule has 1 aromatic heterocycles. The number of halogens is 1. The van der Waals surface area contributed by atoms with Crippen molar-refractivity contribution in [2.45, 2.75) is 13.0 Å². The average Bonchev–Trinajstić information content (AvgIpc) is 3.01. The molecule has 0 saturated carbocycles. The first-order chi connectivity index (χ1) is 12.1. The number of carbonyl (C=O) groups excluding carboxylic acids is 1. The van der Waals surface area contributed by atoms with Crippen LogP contribution in [0.1, 0.15) is 16.1 Å². The Labute approximate surface area is 145 Å². The van der Waals surface area contributed by atoms with E-state index >= 15 is 0 Å². The number of amides is 1. The van der Waals surface area contributed by atoms with Gasteiger partial charge in [-0.2, -0.15) is 0 Å². The van der Waals surface area contributed by atoms with E-state index in [-0.39, 0.29) is 11.7 Å². The van der Waals surface area contributed by atoms with Crippen molar-refractivity contribution >= 4 is 11.6 Å². The van der Waals surface area contributed by atoms with Crippen LogP contribution in [0.5, 0.6) is 0 Å². The Hall–Kier alpha value is -2.41. The van der Waals surface area contributed by atoms with Crippen LogP contribution in [0, 0.1) is 12.7 Å². The first kappa shape index (κ1) is 16.1. The van der Waals surface area contributed by atoms with Crippen LogP contribution in [-0.4, -0.2) is 66.2 Å². The van der Waals surface area contributed by atoms with Gasteiger partial charge in [-0.1, -0.05) is 5.16 Å². The third-order valence-electron chi connectivity index (χ3n) is 5.15. The Morgan fingerprint density at radius 2 is 1.84 bits per heavy atom. The van der Waals surface area contributed by atoms with Crippen molar-refractivity contribution in [2.24, 2.45) is 0 Å². The normalized spacial score (nSPS) is 19.1. The Morgan fingerprint density at radius 3 is 2.44 bits per heavy atom. The van der Waals surface area contributed by atoms with Crippen molar-refractivity contribution in [1.29, 1.82) is 0 Å². The van der Waals surface area contributed by atoms with Gasteiger partial charge < -0.3 is 14.3 Å². The Morgan fingerprint density at radius 1 is 1.16 bits per heavy atom. The quantitative estimate of drug-likeness (QED) is 0.849. The summed E-state index contributed by atoms with van der Waals surface area (Å²) in [5, 5.41) is 3.67. The highest BCUT2D eigenvalue weighted by Crippen LogP contribution is 2.23. The van der Waals surface area contributed by atoms with Crippen LogP contribution >= 0.6 is 0 Å². The van der Waals surface area contributed by atoms with Gasteiger partial charge in [0.1, 0.15) is 17.1 Å². The molecule has 0 bridgehead atoms. The highest BCUT2D eigenvalue weighted by atomic mass is 19.1. The Balaban J connectivity index is 1.28. The summed E-state index contributed by atoms with van der Waals surface area (Å²) in [5.41, 5.74) is 1.62. The van der Waals surface area contributed by atoms with Crippen molar-refractivity contribution in [1.82, 2.24) is 15.0 Å². The monoisotopic (exact) mass is 344 g/mol. The molecular formula is C18H21FN4O2. The second-order valence-electron chi connectivity index (χ2n) is 6.66. The number of anilines is 1. The van der Waals surface area contributed by atoms with Gasteiger partial charge in [-0.05, 0) is 31.2 Å². The molecule has 2 aliphatic heterocycles. The molecule has 0 atom stereocenters. The maximum Gasteiger partial charge on any atom is 0.259 e. The molecule has 0 aliphatic carbocycles. The number of rotatable bonds is 3. The lowest BCUT2D eigenvalue weighted by Gasteiger charge is -2.48. The molecule has 1 amide bonds. The topological polar surface area (TPSA) is 52.8 Å². The summed E-state index contributed by atoms with van der Waals surface area (Å²) in [6.07, 6.45) is 1.49. The van der Waals surface area contributed by atoms with Crippen LogP contribution in [0.3, 0.4) is 0 Å². The second-order valence-corrected chi connectivity index (χ2v) is 6.66. The minimum absolute atomic E-state index is 0.0000480. The van der Waals surface area contributed by atoms with Gasteiger partial charge in [-0.25, -0.2) is 4.39 Å². The first-order valence-electron chi connectivity index (χ1n) is 8.57. The van der Waals surface area contributed by atoms with Crippen molar-refractivity contribution in [2.75, 3.05) is 44.2 Å². The van der Waals surface area contributed by atoms with E-state index in [1.165, 1.54) is 18.3 Å². The fourth-order valence-electron chi connectivity index (χ4n) is 3.52. The standard InChI is InChI=1S/C18H21FN4O2/c1-13-17(10-20-25-13)18(24)23-11-16(12-23)22-8-6-21(7-9-22)15-4-2-14(19)3-5-15/h2-5,10,16H,6-9,11-12H2,1H3. The molecule has 1 aromatic carbocycles. The summed E-state index contributed by atoms with van der Waals surface area (Å²) in [7, 11) is 0. The molecule has 25 heavy (non-hydrogen) atoms. The molecule has 0 spiro atoms. The van der Waals surface area contributed by atoms with Crippen LogP contribution in [0.15, 0.2) is 35.0 Å². The second kappa shape index (κ2) is 6.48. The van der Waals surface area contributed by atoms with Gasteiger partial charge in [0.2, 0.25) is 0 Å². The number of nitrogens with zero attached hydrogens (tertiary/aromatic N) is 4. The molecule has 0 radical (unpaired) electrons. The number of likely N-dealkylation sites (tertiary alicyclic amines) is 1. The largest absolute Gasteiger partial charge is 0.369 e. The maximum absolute atomic E-state index is 13.0. The van der Waals surface area contributed by atoms with Crippen LogP contribution in [0.4, 0.5) is 10.1 Å². The van der Waals surface area contributed by atoms with Crippen LogP contribution < -0.4 is 4.90 Å². The van der Waals surface area contributed by atoms with Gasteiger partial charge in [0.15, 0.2) is 0 Å². The van der Waals surface area contributed by atoms with E-state index in [4.69, 9.17) is 4.52 Å². The highest BCUT2D eigenvalue weighted by molar-refractivity contribution is 5.95. The number of benzene rings is 1. The Kier molecular flexibility index (Phi) is 4.17. The molecule has 6 nitrogen and oxygen atoms in total. The third-order valence-corrected chi connectivity index (χ3v) is 5.15. The molecule has 2 aliphatic rings. The van der Waals surface area contributed by atoms with E-state index in [1.54, 1.807) is 6.92 Å². The molecular weight excluding hydrogens is 323 g/mol. The van der Waals surface area contributed by atoms with Gasteiger partial charge in [0.05, 0.1) is 6.20 Å². The summed E-state index contributed by atoms with van der Waals surface area (Å²) in [6.45, 7) is 7.00. The average molecular weight is 344 g/mol. The zero-order valence-corrected chi connectivity index (χ0v) is 14.2. The Bertz CT molecular complexity index is 747. The van der Waals surface area contributed by atoms with E-state index in [0.717, 1.165) is 45.0 Å². The summed E-state index contributed by atoms with van der Waals surface area (Å²) in [4.78, 5) is 18.9. The van der Waals surface area contributed by atoms with Gasteiger partial charge in [0.25, 0.3) is 5.91 Å². The molecule has 2 aromatic rings. The number of hydrogen-bond donors (Lipinski definition) is 0. The SMILES string of the molecule is Cc1oncc1C(=O)N1CC(N2CCN(c3ccc(F)cc3)CC2)C1. The summed E-state index contributed by atoms with van der Waals surface area (Å²) in [6, 6.07) is 7.08. The predicted molar refractivity (Wildman–Crippen MR) is 91.1 cm³/mol. The van der Waals surface area contributed by atoms with Crippen LogP contribution in [0.2, 0.25) is 0 Å². The van der Waals surface area contributed by atoms with Crippen LogP contribution in [0.25, 0.3) is 0 Å². The third kappa shape index (κ3) is 3.11.